The Bertz CT molecular complexity index is 865. The number of nitrogens with zero attached hydrogens (tertiary/aromatic N) is 2. The molecule has 0 spiro atoms. The molecule has 1 aromatic heterocycles. The molecule has 0 aliphatic heterocycles. The molecule has 3 aromatic rings. The van der Waals surface area contributed by atoms with Gasteiger partial charge in [0.15, 0.2) is 0 Å². The van der Waals surface area contributed by atoms with Crippen molar-refractivity contribution in [2.45, 2.75) is 10.8 Å². The fourth-order valence-corrected chi connectivity index (χ4v) is 3.88. The molecule has 1 heterocycles. The van der Waals surface area contributed by atoms with Crippen LogP contribution in [0.2, 0.25) is 5.02 Å². The molecule has 6 heteroatoms. The normalized spacial score (nSPS) is 13.6. The van der Waals surface area contributed by atoms with E-state index < -0.39 is 5.50 Å². The van der Waals surface area contributed by atoms with Crippen LogP contribution >= 0.6 is 35.0 Å². The lowest BCUT2D eigenvalue weighted by Crippen LogP contribution is -2.11. The number of carbonyl (C=O) groups excluding carboxylic acids is 1. The number of imidazole rings is 1. The summed E-state index contributed by atoms with van der Waals surface area (Å²) in [5.41, 5.74) is 1.44. The highest BCUT2D eigenvalue weighted by Gasteiger charge is 2.25. The lowest BCUT2D eigenvalue weighted by Gasteiger charge is -2.22. The highest BCUT2D eigenvalue weighted by molar-refractivity contribution is 8.14. The van der Waals surface area contributed by atoms with Crippen LogP contribution < -0.4 is 0 Å². The Morgan fingerprint density at radius 1 is 1.12 bits per heavy atom. The van der Waals surface area contributed by atoms with E-state index in [1.54, 1.807) is 47.6 Å². The van der Waals surface area contributed by atoms with Gasteiger partial charge in [0, 0.05) is 17.4 Å². The van der Waals surface area contributed by atoms with E-state index >= 15 is 0 Å². The summed E-state index contributed by atoms with van der Waals surface area (Å²) in [6.45, 7) is 0. The maximum absolute atomic E-state index is 12.5. The van der Waals surface area contributed by atoms with Crippen LogP contribution in [0.25, 0.3) is 6.08 Å². The summed E-state index contributed by atoms with van der Waals surface area (Å²) in [7, 11) is 0. The zero-order valence-electron chi connectivity index (χ0n) is 13.7. The van der Waals surface area contributed by atoms with Crippen molar-refractivity contribution in [3.8, 4) is 0 Å². The predicted molar refractivity (Wildman–Crippen MR) is 109 cm³/mol. The Labute approximate surface area is 166 Å². The van der Waals surface area contributed by atoms with Crippen LogP contribution in [-0.2, 0) is 4.79 Å². The SMILES string of the molecule is O=C(C=Cc1ccccc1)SC(c1ccc(Cl)cc1)C(Cl)n1ccnc1. The number of alkyl halides is 1. The molecular weight excluding hydrogens is 387 g/mol. The molecule has 0 amide bonds. The zero-order valence-corrected chi connectivity index (χ0v) is 16.0. The van der Waals surface area contributed by atoms with Gasteiger partial charge in [-0.3, -0.25) is 4.79 Å². The molecule has 2 unspecified atom stereocenters. The number of hydrogen-bond donors (Lipinski definition) is 0. The van der Waals surface area contributed by atoms with E-state index in [1.165, 1.54) is 11.8 Å². The first kappa shape index (κ1) is 18.8. The van der Waals surface area contributed by atoms with Crippen molar-refractivity contribution in [3.05, 3.63) is 95.5 Å². The number of hydrogen-bond acceptors (Lipinski definition) is 3. The number of benzene rings is 2. The van der Waals surface area contributed by atoms with E-state index in [0.717, 1.165) is 11.1 Å². The van der Waals surface area contributed by atoms with E-state index in [1.807, 2.05) is 42.5 Å². The lowest BCUT2D eigenvalue weighted by atomic mass is 10.1. The molecule has 2 aromatic carbocycles. The third kappa shape index (κ3) is 5.01. The molecule has 0 N–H and O–H groups in total. The molecule has 0 bridgehead atoms. The largest absolute Gasteiger partial charge is 0.319 e. The first-order valence-corrected chi connectivity index (χ1v) is 9.63. The molecular formula is C20H16Cl2N2OS. The van der Waals surface area contributed by atoms with Gasteiger partial charge < -0.3 is 4.57 Å². The summed E-state index contributed by atoms with van der Waals surface area (Å²) in [4.78, 5) is 16.5. The Morgan fingerprint density at radius 3 is 2.50 bits per heavy atom. The number of aromatic nitrogens is 2. The third-order valence-electron chi connectivity index (χ3n) is 3.71. The van der Waals surface area contributed by atoms with Crippen molar-refractivity contribution in [2.24, 2.45) is 0 Å². The number of carbonyl (C=O) groups is 1. The van der Waals surface area contributed by atoms with Crippen LogP contribution in [0.3, 0.4) is 0 Å². The van der Waals surface area contributed by atoms with E-state index in [2.05, 4.69) is 4.98 Å². The maximum Gasteiger partial charge on any atom is 0.212 e. The number of halogens is 2. The first-order valence-electron chi connectivity index (χ1n) is 7.94. The minimum Gasteiger partial charge on any atom is -0.319 e. The van der Waals surface area contributed by atoms with E-state index in [9.17, 15) is 4.79 Å². The molecule has 0 fully saturated rings. The number of thioether (sulfide) groups is 1. The monoisotopic (exact) mass is 402 g/mol. The van der Waals surface area contributed by atoms with Gasteiger partial charge >= 0.3 is 0 Å². The molecule has 3 rings (SSSR count). The summed E-state index contributed by atoms with van der Waals surface area (Å²) in [6.07, 6.45) is 8.46. The Morgan fingerprint density at radius 2 is 1.85 bits per heavy atom. The van der Waals surface area contributed by atoms with Crippen molar-refractivity contribution in [3.63, 3.8) is 0 Å². The topological polar surface area (TPSA) is 34.9 Å². The van der Waals surface area contributed by atoms with Gasteiger partial charge in [-0.05, 0) is 29.3 Å². The smallest absolute Gasteiger partial charge is 0.212 e. The average Bonchev–Trinajstić information content (AvgIpc) is 3.20. The zero-order chi connectivity index (χ0) is 18.4. The highest BCUT2D eigenvalue weighted by Crippen LogP contribution is 2.42. The Kier molecular flexibility index (Phi) is 6.56. The van der Waals surface area contributed by atoms with Gasteiger partial charge in [0.1, 0.15) is 5.50 Å². The summed E-state index contributed by atoms with van der Waals surface area (Å²) >= 11 is 13.8. The van der Waals surface area contributed by atoms with Gasteiger partial charge in [0.2, 0.25) is 5.12 Å². The van der Waals surface area contributed by atoms with Crippen molar-refractivity contribution >= 4 is 46.2 Å². The Hall–Kier alpha value is -2.01. The average molecular weight is 403 g/mol. The predicted octanol–water partition coefficient (Wildman–Crippen LogP) is 5.99. The molecule has 132 valence electrons. The third-order valence-corrected chi connectivity index (χ3v) is 5.74. The van der Waals surface area contributed by atoms with Crippen molar-refractivity contribution < 1.29 is 4.79 Å². The van der Waals surface area contributed by atoms with Gasteiger partial charge in [0.25, 0.3) is 0 Å². The first-order chi connectivity index (χ1) is 12.6. The van der Waals surface area contributed by atoms with Gasteiger partial charge in [-0.1, -0.05) is 83.5 Å². The lowest BCUT2D eigenvalue weighted by molar-refractivity contribution is -0.107. The second kappa shape index (κ2) is 9.08. The van der Waals surface area contributed by atoms with Crippen LogP contribution in [0.1, 0.15) is 21.9 Å². The minimum atomic E-state index is -0.460. The van der Waals surface area contributed by atoms with Crippen molar-refractivity contribution in [2.75, 3.05) is 0 Å². The number of rotatable bonds is 6. The van der Waals surface area contributed by atoms with Gasteiger partial charge in [-0.25, -0.2) is 4.98 Å². The Balaban J connectivity index is 1.80. The highest BCUT2D eigenvalue weighted by atomic mass is 35.5. The van der Waals surface area contributed by atoms with Crippen LogP contribution in [0, 0.1) is 0 Å². The van der Waals surface area contributed by atoms with E-state index in [0.29, 0.717) is 5.02 Å². The van der Waals surface area contributed by atoms with Crippen LogP contribution in [0.5, 0.6) is 0 Å². The van der Waals surface area contributed by atoms with Gasteiger partial charge in [-0.2, -0.15) is 0 Å². The molecule has 0 saturated heterocycles. The van der Waals surface area contributed by atoms with E-state index in [4.69, 9.17) is 23.2 Å². The van der Waals surface area contributed by atoms with Crippen molar-refractivity contribution in [1.82, 2.24) is 9.55 Å². The summed E-state index contributed by atoms with van der Waals surface area (Å²) in [5, 5.41) is 0.289. The fourth-order valence-electron chi connectivity index (χ4n) is 2.40. The molecule has 2 atom stereocenters. The molecule has 3 nitrogen and oxygen atoms in total. The van der Waals surface area contributed by atoms with Gasteiger partial charge in [0.05, 0.1) is 11.6 Å². The van der Waals surface area contributed by atoms with Crippen LogP contribution in [0.4, 0.5) is 0 Å². The minimum absolute atomic E-state index is 0.0698. The molecule has 0 aliphatic rings. The second-order valence-electron chi connectivity index (χ2n) is 5.54. The quantitative estimate of drug-likeness (QED) is 0.375. The second-order valence-corrected chi connectivity index (χ2v) is 7.57. The van der Waals surface area contributed by atoms with Crippen LogP contribution in [-0.4, -0.2) is 14.7 Å². The van der Waals surface area contributed by atoms with Crippen LogP contribution in [0.15, 0.2) is 79.4 Å². The molecule has 0 saturated carbocycles. The summed E-state index contributed by atoms with van der Waals surface area (Å²) in [6, 6.07) is 17.1. The molecule has 0 radical (unpaired) electrons. The summed E-state index contributed by atoms with van der Waals surface area (Å²) in [5.74, 6) is 0. The standard InChI is InChI=1S/C20H16Cl2N2OS/c21-17-9-7-16(8-10-17)19(20(22)24-13-12-23-14-24)26-18(25)11-6-15-4-2-1-3-5-15/h1-14,19-20H. The van der Waals surface area contributed by atoms with E-state index in [-0.39, 0.29) is 10.4 Å². The van der Waals surface area contributed by atoms with Crippen molar-refractivity contribution in [1.29, 1.82) is 0 Å². The fraction of sp³-hybridized carbons (Fsp3) is 0.100. The van der Waals surface area contributed by atoms with Gasteiger partial charge in [-0.15, -0.1) is 0 Å². The molecule has 26 heavy (non-hydrogen) atoms. The summed E-state index contributed by atoms with van der Waals surface area (Å²) < 4.78 is 1.78. The maximum atomic E-state index is 12.5. The molecule has 0 aliphatic carbocycles.